The predicted octanol–water partition coefficient (Wildman–Crippen LogP) is 1.77. The Morgan fingerprint density at radius 3 is 2.52 bits per heavy atom. The first kappa shape index (κ1) is 16.5. The summed E-state index contributed by atoms with van der Waals surface area (Å²) in [5, 5.41) is 0.554. The van der Waals surface area contributed by atoms with Crippen molar-refractivity contribution in [3.8, 4) is 0 Å². The maximum absolute atomic E-state index is 6.12. The van der Waals surface area contributed by atoms with E-state index in [-0.39, 0.29) is 0 Å². The monoisotopic (exact) mass is 311 g/mol. The molecule has 0 aromatic carbocycles. The number of hydrogen-bond acceptors (Lipinski definition) is 5. The number of likely N-dealkylation sites (N-methyl/N-ethyl adjacent to an activating group) is 1. The fourth-order valence-corrected chi connectivity index (χ4v) is 2.69. The number of rotatable bonds is 6. The number of nitrogens with zero attached hydrogens (tertiary/aromatic N) is 5. The van der Waals surface area contributed by atoms with Crippen molar-refractivity contribution in [3.05, 3.63) is 17.0 Å². The van der Waals surface area contributed by atoms with Crippen LogP contribution in [0.5, 0.6) is 0 Å². The van der Waals surface area contributed by atoms with Crippen LogP contribution in [0.3, 0.4) is 0 Å². The molecule has 0 amide bonds. The zero-order chi connectivity index (χ0) is 15.2. The van der Waals surface area contributed by atoms with E-state index in [2.05, 4.69) is 45.7 Å². The smallest absolute Gasteiger partial charge is 0.134 e. The molecule has 2 heterocycles. The van der Waals surface area contributed by atoms with Crippen molar-refractivity contribution in [2.75, 3.05) is 58.3 Å². The molecule has 0 bridgehead atoms. The Labute approximate surface area is 132 Å². The number of hydrogen-bond donors (Lipinski definition) is 0. The van der Waals surface area contributed by atoms with Crippen molar-refractivity contribution in [3.63, 3.8) is 0 Å². The molecule has 0 atom stereocenters. The SMILES string of the molecule is CCCc1nc(Cl)cc(N2CCN(CCN(C)C)CC2)n1. The Balaban J connectivity index is 1.92. The van der Waals surface area contributed by atoms with E-state index in [1.165, 1.54) is 0 Å². The summed E-state index contributed by atoms with van der Waals surface area (Å²) in [6.07, 6.45) is 1.93. The number of piperazine rings is 1. The molecule has 0 spiro atoms. The van der Waals surface area contributed by atoms with E-state index in [0.717, 1.165) is 63.8 Å². The first-order chi connectivity index (χ1) is 10.1. The summed E-state index contributed by atoms with van der Waals surface area (Å²) in [5.74, 6) is 1.83. The highest BCUT2D eigenvalue weighted by Crippen LogP contribution is 2.18. The normalized spacial score (nSPS) is 16.7. The van der Waals surface area contributed by atoms with E-state index in [0.29, 0.717) is 5.15 Å². The van der Waals surface area contributed by atoms with Crippen molar-refractivity contribution in [1.29, 1.82) is 0 Å². The van der Waals surface area contributed by atoms with Crippen molar-refractivity contribution >= 4 is 17.4 Å². The fraction of sp³-hybridized carbons (Fsp3) is 0.733. The Kier molecular flexibility index (Phi) is 6.21. The molecule has 0 radical (unpaired) electrons. The van der Waals surface area contributed by atoms with Crippen LogP contribution in [0.2, 0.25) is 5.15 Å². The molecular weight excluding hydrogens is 286 g/mol. The first-order valence-corrected chi connectivity index (χ1v) is 8.11. The summed E-state index contributed by atoms with van der Waals surface area (Å²) in [5.41, 5.74) is 0. The van der Waals surface area contributed by atoms with E-state index in [4.69, 9.17) is 11.6 Å². The van der Waals surface area contributed by atoms with Gasteiger partial charge >= 0.3 is 0 Å². The Morgan fingerprint density at radius 1 is 1.19 bits per heavy atom. The van der Waals surface area contributed by atoms with Gasteiger partial charge in [0.25, 0.3) is 0 Å². The second-order valence-corrected chi connectivity index (χ2v) is 6.23. The second kappa shape index (κ2) is 7.92. The number of aromatic nitrogens is 2. The number of halogens is 1. The van der Waals surface area contributed by atoms with E-state index < -0.39 is 0 Å². The topological polar surface area (TPSA) is 35.5 Å². The van der Waals surface area contributed by atoms with Gasteiger partial charge < -0.3 is 9.80 Å². The Hall–Kier alpha value is -0.910. The van der Waals surface area contributed by atoms with Gasteiger partial charge in [0, 0.05) is 51.8 Å². The van der Waals surface area contributed by atoms with Gasteiger partial charge in [-0.3, -0.25) is 4.90 Å². The maximum Gasteiger partial charge on any atom is 0.134 e. The standard InChI is InChI=1S/C15H26ClN5/c1-4-5-14-17-13(16)12-15(18-14)21-10-8-20(9-11-21)7-6-19(2)3/h12H,4-11H2,1-3H3. The molecule has 2 rings (SSSR count). The maximum atomic E-state index is 6.12. The van der Waals surface area contributed by atoms with Gasteiger partial charge in [-0.05, 0) is 20.5 Å². The highest BCUT2D eigenvalue weighted by Gasteiger charge is 2.18. The summed E-state index contributed by atoms with van der Waals surface area (Å²) >= 11 is 6.12. The molecule has 0 saturated carbocycles. The van der Waals surface area contributed by atoms with Crippen LogP contribution in [0.4, 0.5) is 5.82 Å². The average Bonchev–Trinajstić information content (AvgIpc) is 2.45. The molecule has 0 aliphatic carbocycles. The van der Waals surface area contributed by atoms with Crippen molar-refractivity contribution in [1.82, 2.24) is 19.8 Å². The second-order valence-electron chi connectivity index (χ2n) is 5.85. The van der Waals surface area contributed by atoms with Crippen molar-refractivity contribution in [2.24, 2.45) is 0 Å². The van der Waals surface area contributed by atoms with E-state index in [1.807, 2.05) is 6.07 Å². The van der Waals surface area contributed by atoms with Gasteiger partial charge in [-0.1, -0.05) is 18.5 Å². The molecule has 1 aliphatic rings. The minimum Gasteiger partial charge on any atom is -0.354 e. The summed E-state index contributed by atoms with van der Waals surface area (Å²) in [6, 6.07) is 1.89. The summed E-state index contributed by atoms with van der Waals surface area (Å²) in [7, 11) is 4.24. The molecule has 5 nitrogen and oxygen atoms in total. The molecule has 118 valence electrons. The highest BCUT2D eigenvalue weighted by atomic mass is 35.5. The van der Waals surface area contributed by atoms with Crippen molar-refractivity contribution in [2.45, 2.75) is 19.8 Å². The van der Waals surface area contributed by atoms with Gasteiger partial charge in [-0.25, -0.2) is 9.97 Å². The van der Waals surface area contributed by atoms with Gasteiger partial charge in [-0.2, -0.15) is 0 Å². The third-order valence-electron chi connectivity index (χ3n) is 3.76. The summed E-state index contributed by atoms with van der Waals surface area (Å²) in [6.45, 7) is 8.55. The number of aryl methyl sites for hydroxylation is 1. The third-order valence-corrected chi connectivity index (χ3v) is 3.95. The molecule has 1 aliphatic heterocycles. The Morgan fingerprint density at radius 2 is 1.90 bits per heavy atom. The van der Waals surface area contributed by atoms with Crippen LogP contribution >= 0.6 is 11.6 Å². The van der Waals surface area contributed by atoms with Gasteiger partial charge in [0.05, 0.1) is 0 Å². The highest BCUT2D eigenvalue weighted by molar-refractivity contribution is 6.29. The lowest BCUT2D eigenvalue weighted by atomic mass is 10.3. The number of anilines is 1. The van der Waals surface area contributed by atoms with Gasteiger partial charge in [-0.15, -0.1) is 0 Å². The lowest BCUT2D eigenvalue weighted by Gasteiger charge is -2.35. The molecular formula is C15H26ClN5. The van der Waals surface area contributed by atoms with Crippen LogP contribution in [0.1, 0.15) is 19.2 Å². The van der Waals surface area contributed by atoms with Gasteiger partial charge in [0.2, 0.25) is 0 Å². The minimum absolute atomic E-state index is 0.554. The molecule has 1 saturated heterocycles. The lowest BCUT2D eigenvalue weighted by Crippen LogP contribution is -2.48. The molecule has 0 N–H and O–H groups in total. The van der Waals surface area contributed by atoms with Crippen LogP contribution in [-0.2, 0) is 6.42 Å². The van der Waals surface area contributed by atoms with Crippen molar-refractivity contribution < 1.29 is 0 Å². The van der Waals surface area contributed by atoms with Crippen LogP contribution in [-0.4, -0.2) is 73.1 Å². The van der Waals surface area contributed by atoms with E-state index in [1.54, 1.807) is 0 Å². The average molecular weight is 312 g/mol. The fourth-order valence-electron chi connectivity index (χ4n) is 2.49. The molecule has 21 heavy (non-hydrogen) atoms. The molecule has 1 fully saturated rings. The van der Waals surface area contributed by atoms with Crippen LogP contribution in [0, 0.1) is 0 Å². The summed E-state index contributed by atoms with van der Waals surface area (Å²) in [4.78, 5) is 16.0. The van der Waals surface area contributed by atoms with Crippen LogP contribution in [0.15, 0.2) is 6.07 Å². The largest absolute Gasteiger partial charge is 0.354 e. The lowest BCUT2D eigenvalue weighted by molar-refractivity contribution is 0.229. The Bertz CT molecular complexity index is 444. The molecule has 6 heteroatoms. The molecule has 1 aromatic heterocycles. The van der Waals surface area contributed by atoms with Crippen LogP contribution < -0.4 is 4.90 Å². The zero-order valence-corrected chi connectivity index (χ0v) is 14.1. The first-order valence-electron chi connectivity index (χ1n) is 7.74. The van der Waals surface area contributed by atoms with E-state index >= 15 is 0 Å². The van der Waals surface area contributed by atoms with Crippen LogP contribution in [0.25, 0.3) is 0 Å². The van der Waals surface area contributed by atoms with Gasteiger partial charge in [0.1, 0.15) is 16.8 Å². The minimum atomic E-state index is 0.554. The zero-order valence-electron chi connectivity index (χ0n) is 13.3. The van der Waals surface area contributed by atoms with Gasteiger partial charge in [0.15, 0.2) is 0 Å². The molecule has 0 unspecified atom stereocenters. The quantitative estimate of drug-likeness (QED) is 0.748. The summed E-state index contributed by atoms with van der Waals surface area (Å²) < 4.78 is 0. The predicted molar refractivity (Wildman–Crippen MR) is 88.2 cm³/mol. The van der Waals surface area contributed by atoms with E-state index in [9.17, 15) is 0 Å². The third kappa shape index (κ3) is 5.09. The molecule has 1 aromatic rings.